The van der Waals surface area contributed by atoms with Gasteiger partial charge in [0.05, 0.1) is 12.2 Å². The molecular weight excluding hydrogens is 282 g/mol. The predicted octanol–water partition coefficient (Wildman–Crippen LogP) is 3.34. The van der Waals surface area contributed by atoms with E-state index in [0.717, 1.165) is 0 Å². The highest BCUT2D eigenvalue weighted by molar-refractivity contribution is 5.89. The first-order valence-corrected chi connectivity index (χ1v) is 7.54. The highest BCUT2D eigenvalue weighted by Gasteiger charge is 2.28. The summed E-state index contributed by atoms with van der Waals surface area (Å²) >= 11 is 0. The first-order chi connectivity index (χ1) is 10.4. The third kappa shape index (κ3) is 4.76. The monoisotopic (exact) mass is 307 g/mol. The van der Waals surface area contributed by atoms with Crippen molar-refractivity contribution in [1.29, 1.82) is 0 Å². The molecule has 0 aromatic heterocycles. The average molecular weight is 307 g/mol. The highest BCUT2D eigenvalue weighted by atomic mass is 16.6. The maximum atomic E-state index is 12.1. The van der Waals surface area contributed by atoms with E-state index in [9.17, 15) is 9.59 Å². The Bertz CT molecular complexity index is 489. The molecule has 0 aliphatic rings. The van der Waals surface area contributed by atoms with Crippen molar-refractivity contribution in [3.05, 3.63) is 35.9 Å². The van der Waals surface area contributed by atoms with E-state index in [-0.39, 0.29) is 30.1 Å². The van der Waals surface area contributed by atoms with Gasteiger partial charge in [-0.15, -0.1) is 0 Å². The molecule has 1 rings (SSSR count). The summed E-state index contributed by atoms with van der Waals surface area (Å²) in [4.78, 5) is 25.3. The van der Waals surface area contributed by atoms with Crippen LogP contribution >= 0.6 is 0 Å². The van der Waals surface area contributed by atoms with Crippen molar-refractivity contribution in [2.45, 2.75) is 39.8 Å². The van der Waals surface area contributed by atoms with Crippen LogP contribution in [0.3, 0.4) is 0 Å². The zero-order valence-corrected chi connectivity index (χ0v) is 13.9. The van der Waals surface area contributed by atoms with Crippen LogP contribution in [0.2, 0.25) is 0 Å². The average Bonchev–Trinajstić information content (AvgIpc) is 2.53. The van der Waals surface area contributed by atoms with Crippen LogP contribution in [0.15, 0.2) is 30.3 Å². The highest BCUT2D eigenvalue weighted by Crippen LogP contribution is 2.18. The molecule has 0 spiro atoms. The number of rotatable bonds is 6. The standard InChI is InChI=1S/C17H25NO4/c1-6-21-17(20)18(5)13(3)12(2)14(4)22-16(19)15-10-8-7-9-11-15/h7-14H,6H2,1-5H3. The number of hydrogen-bond acceptors (Lipinski definition) is 4. The maximum absolute atomic E-state index is 12.1. The Morgan fingerprint density at radius 1 is 1.14 bits per heavy atom. The molecule has 1 aromatic carbocycles. The zero-order chi connectivity index (χ0) is 16.7. The van der Waals surface area contributed by atoms with Crippen molar-refractivity contribution in [2.75, 3.05) is 13.7 Å². The normalized spacial score (nSPS) is 14.6. The van der Waals surface area contributed by atoms with Gasteiger partial charge in [0.2, 0.25) is 0 Å². The van der Waals surface area contributed by atoms with E-state index in [0.29, 0.717) is 12.2 Å². The molecule has 3 atom stereocenters. The fraction of sp³-hybridized carbons (Fsp3) is 0.529. The molecule has 0 heterocycles. The quantitative estimate of drug-likeness (QED) is 0.756. The molecule has 3 unspecified atom stereocenters. The number of benzene rings is 1. The van der Waals surface area contributed by atoms with Crippen molar-refractivity contribution in [3.63, 3.8) is 0 Å². The lowest BCUT2D eigenvalue weighted by Gasteiger charge is -2.32. The van der Waals surface area contributed by atoms with Gasteiger partial charge in [0.25, 0.3) is 0 Å². The molecule has 0 radical (unpaired) electrons. The van der Waals surface area contributed by atoms with Crippen LogP contribution in [-0.4, -0.2) is 42.8 Å². The van der Waals surface area contributed by atoms with E-state index in [1.807, 2.05) is 26.8 Å². The topological polar surface area (TPSA) is 55.8 Å². The smallest absolute Gasteiger partial charge is 0.409 e. The van der Waals surface area contributed by atoms with Gasteiger partial charge in [-0.2, -0.15) is 0 Å². The van der Waals surface area contributed by atoms with E-state index in [1.165, 1.54) is 4.90 Å². The van der Waals surface area contributed by atoms with Gasteiger partial charge in [0.15, 0.2) is 0 Å². The zero-order valence-electron chi connectivity index (χ0n) is 13.9. The van der Waals surface area contributed by atoms with Gasteiger partial charge in [-0.3, -0.25) is 0 Å². The first kappa shape index (κ1) is 18.0. The van der Waals surface area contributed by atoms with E-state index < -0.39 is 0 Å². The van der Waals surface area contributed by atoms with E-state index in [4.69, 9.17) is 9.47 Å². The number of nitrogens with zero attached hydrogens (tertiary/aromatic N) is 1. The number of esters is 1. The van der Waals surface area contributed by atoms with Gasteiger partial charge >= 0.3 is 12.1 Å². The number of hydrogen-bond donors (Lipinski definition) is 0. The minimum absolute atomic E-state index is 0.0259. The summed E-state index contributed by atoms with van der Waals surface area (Å²) < 4.78 is 10.5. The number of carbonyl (C=O) groups is 2. The molecule has 0 bridgehead atoms. The number of ether oxygens (including phenoxy) is 2. The summed E-state index contributed by atoms with van der Waals surface area (Å²) in [5.41, 5.74) is 0.521. The largest absolute Gasteiger partial charge is 0.459 e. The fourth-order valence-electron chi connectivity index (χ4n) is 2.05. The Labute approximate surface area is 132 Å². The van der Waals surface area contributed by atoms with E-state index in [2.05, 4.69) is 0 Å². The van der Waals surface area contributed by atoms with Crippen LogP contribution in [0.5, 0.6) is 0 Å². The minimum atomic E-state index is -0.372. The molecule has 0 fully saturated rings. The minimum Gasteiger partial charge on any atom is -0.459 e. The first-order valence-electron chi connectivity index (χ1n) is 7.54. The SMILES string of the molecule is CCOC(=O)N(C)C(C)C(C)C(C)OC(=O)c1ccccc1. The van der Waals surface area contributed by atoms with Gasteiger partial charge < -0.3 is 14.4 Å². The molecular formula is C17H25NO4. The molecule has 0 saturated heterocycles. The third-order valence-electron chi connectivity index (χ3n) is 3.97. The van der Waals surface area contributed by atoms with Crippen molar-refractivity contribution < 1.29 is 19.1 Å². The molecule has 22 heavy (non-hydrogen) atoms. The lowest BCUT2D eigenvalue weighted by Crippen LogP contribution is -2.43. The summed E-state index contributed by atoms with van der Waals surface area (Å²) in [5, 5.41) is 0. The maximum Gasteiger partial charge on any atom is 0.409 e. The van der Waals surface area contributed by atoms with E-state index in [1.54, 1.807) is 38.2 Å². The van der Waals surface area contributed by atoms with Crippen LogP contribution in [-0.2, 0) is 9.47 Å². The summed E-state index contributed by atoms with van der Waals surface area (Å²) in [6.07, 6.45) is -0.692. The van der Waals surface area contributed by atoms with Gasteiger partial charge in [-0.25, -0.2) is 9.59 Å². The van der Waals surface area contributed by atoms with Crippen LogP contribution in [0.4, 0.5) is 4.79 Å². The third-order valence-corrected chi connectivity index (χ3v) is 3.97. The Hall–Kier alpha value is -2.04. The molecule has 0 aliphatic carbocycles. The van der Waals surface area contributed by atoms with Crippen molar-refractivity contribution in [2.24, 2.45) is 5.92 Å². The fourth-order valence-corrected chi connectivity index (χ4v) is 2.05. The van der Waals surface area contributed by atoms with Crippen LogP contribution < -0.4 is 0 Å². The Morgan fingerprint density at radius 3 is 2.27 bits per heavy atom. The molecule has 1 amide bonds. The number of amides is 1. The Kier molecular flexibility index (Phi) is 6.89. The molecule has 0 N–H and O–H groups in total. The Balaban J connectivity index is 2.62. The number of carbonyl (C=O) groups excluding carboxylic acids is 2. The molecule has 0 aliphatic heterocycles. The second-order valence-electron chi connectivity index (χ2n) is 5.39. The van der Waals surface area contributed by atoms with Gasteiger partial charge in [-0.1, -0.05) is 25.1 Å². The summed E-state index contributed by atoms with van der Waals surface area (Å²) in [5.74, 6) is -0.381. The van der Waals surface area contributed by atoms with Crippen LogP contribution in [0.1, 0.15) is 38.1 Å². The van der Waals surface area contributed by atoms with Gasteiger partial charge in [0.1, 0.15) is 6.10 Å². The van der Waals surface area contributed by atoms with Crippen molar-refractivity contribution in [3.8, 4) is 0 Å². The molecule has 0 saturated carbocycles. The second-order valence-corrected chi connectivity index (χ2v) is 5.39. The summed E-state index contributed by atoms with van der Waals surface area (Å²) in [6.45, 7) is 7.80. The van der Waals surface area contributed by atoms with Crippen LogP contribution in [0.25, 0.3) is 0 Å². The molecule has 5 nitrogen and oxygen atoms in total. The Morgan fingerprint density at radius 2 is 1.73 bits per heavy atom. The molecule has 5 heteroatoms. The van der Waals surface area contributed by atoms with Crippen molar-refractivity contribution >= 4 is 12.1 Å². The van der Waals surface area contributed by atoms with Gasteiger partial charge in [0, 0.05) is 19.0 Å². The van der Waals surface area contributed by atoms with Crippen LogP contribution in [0, 0.1) is 5.92 Å². The summed E-state index contributed by atoms with van der Waals surface area (Å²) in [6, 6.07) is 8.75. The molecule has 1 aromatic rings. The second kappa shape index (κ2) is 8.41. The lowest BCUT2D eigenvalue weighted by molar-refractivity contribution is 0.00870. The van der Waals surface area contributed by atoms with E-state index >= 15 is 0 Å². The summed E-state index contributed by atoms with van der Waals surface area (Å²) in [7, 11) is 1.69. The lowest BCUT2D eigenvalue weighted by atomic mass is 9.97. The molecule has 122 valence electrons. The van der Waals surface area contributed by atoms with Gasteiger partial charge in [-0.05, 0) is 32.9 Å². The van der Waals surface area contributed by atoms with Crippen molar-refractivity contribution in [1.82, 2.24) is 4.90 Å². The predicted molar refractivity (Wildman–Crippen MR) is 84.7 cm³/mol.